The fourth-order valence-electron chi connectivity index (χ4n) is 4.22. The summed E-state index contributed by atoms with van der Waals surface area (Å²) in [5.74, 6) is 0.828. The molecular weight excluding hydrogens is 401 g/mol. The number of nitrogens with zero attached hydrogens (tertiary/aromatic N) is 4. The van der Waals surface area contributed by atoms with E-state index in [2.05, 4.69) is 17.1 Å². The van der Waals surface area contributed by atoms with Crippen LogP contribution >= 0.6 is 11.6 Å². The first-order chi connectivity index (χ1) is 13.9. The molecule has 0 radical (unpaired) electrons. The molecular formula is C21H22ClF3N4. The zero-order valence-electron chi connectivity index (χ0n) is 16.1. The first kappa shape index (κ1) is 20.0. The van der Waals surface area contributed by atoms with Gasteiger partial charge in [-0.05, 0) is 30.9 Å². The van der Waals surface area contributed by atoms with Crippen LogP contribution in [0.3, 0.4) is 0 Å². The monoisotopic (exact) mass is 422 g/mol. The van der Waals surface area contributed by atoms with Gasteiger partial charge in [0, 0.05) is 25.7 Å². The van der Waals surface area contributed by atoms with Crippen LogP contribution in [0.4, 0.5) is 18.9 Å². The van der Waals surface area contributed by atoms with E-state index in [-0.39, 0.29) is 25.9 Å². The van der Waals surface area contributed by atoms with Gasteiger partial charge in [0.05, 0.1) is 11.1 Å². The van der Waals surface area contributed by atoms with Gasteiger partial charge in [0.2, 0.25) is 0 Å². The molecule has 0 saturated carbocycles. The number of fused-ring (bicyclic) bond motifs is 1. The van der Waals surface area contributed by atoms with Gasteiger partial charge in [0.15, 0.2) is 5.65 Å². The Bertz CT molecular complexity index is 992. The van der Waals surface area contributed by atoms with Gasteiger partial charge in [-0.2, -0.15) is 13.2 Å². The summed E-state index contributed by atoms with van der Waals surface area (Å²) in [6, 6.07) is 10.1. The number of aromatic nitrogens is 3. The van der Waals surface area contributed by atoms with E-state index in [1.807, 2.05) is 21.6 Å². The lowest BCUT2D eigenvalue weighted by atomic mass is 9.72. The maximum Gasteiger partial charge on any atom is 0.398 e. The van der Waals surface area contributed by atoms with Crippen LogP contribution < -0.4 is 4.90 Å². The number of piperidine rings is 1. The van der Waals surface area contributed by atoms with Crippen molar-refractivity contribution in [2.45, 2.75) is 44.2 Å². The molecule has 29 heavy (non-hydrogen) atoms. The SMILES string of the molecule is CCCc1nnc2c(Cl)c(N3CCC(c4ccccc4)(C(F)(F)F)CC3)ccn12. The maximum absolute atomic E-state index is 14.1. The number of rotatable bonds is 4. The second-order valence-electron chi connectivity index (χ2n) is 7.51. The molecule has 0 bridgehead atoms. The highest BCUT2D eigenvalue weighted by atomic mass is 35.5. The minimum absolute atomic E-state index is 0.0181. The Balaban J connectivity index is 1.63. The van der Waals surface area contributed by atoms with Crippen LogP contribution in [0.25, 0.3) is 5.65 Å². The Morgan fingerprint density at radius 1 is 1.07 bits per heavy atom. The Hall–Kier alpha value is -2.28. The zero-order valence-corrected chi connectivity index (χ0v) is 16.8. The van der Waals surface area contributed by atoms with Crippen molar-refractivity contribution in [2.75, 3.05) is 18.0 Å². The number of anilines is 1. The molecule has 2 aromatic heterocycles. The Labute approximate surface area is 172 Å². The summed E-state index contributed by atoms with van der Waals surface area (Å²) in [7, 11) is 0. The van der Waals surface area contributed by atoms with E-state index in [9.17, 15) is 13.2 Å². The number of pyridine rings is 1. The molecule has 8 heteroatoms. The molecule has 0 unspecified atom stereocenters. The first-order valence-corrected chi connectivity index (χ1v) is 10.1. The summed E-state index contributed by atoms with van der Waals surface area (Å²) in [6.45, 7) is 2.59. The van der Waals surface area contributed by atoms with E-state index in [1.165, 1.54) is 0 Å². The molecule has 0 N–H and O–H groups in total. The van der Waals surface area contributed by atoms with Crippen LogP contribution in [-0.4, -0.2) is 33.9 Å². The van der Waals surface area contributed by atoms with Gasteiger partial charge in [0.1, 0.15) is 10.8 Å². The lowest BCUT2D eigenvalue weighted by molar-refractivity contribution is -0.196. The van der Waals surface area contributed by atoms with Gasteiger partial charge >= 0.3 is 6.18 Å². The molecule has 4 rings (SSSR count). The smallest absolute Gasteiger partial charge is 0.370 e. The Morgan fingerprint density at radius 3 is 2.38 bits per heavy atom. The molecule has 0 aliphatic carbocycles. The molecule has 3 heterocycles. The predicted octanol–water partition coefficient (Wildman–Crippen LogP) is 5.44. The molecule has 1 fully saturated rings. The molecule has 0 spiro atoms. The average Bonchev–Trinajstić information content (AvgIpc) is 3.12. The van der Waals surface area contributed by atoms with Crippen molar-refractivity contribution in [3.05, 3.63) is 59.0 Å². The average molecular weight is 423 g/mol. The number of hydrogen-bond acceptors (Lipinski definition) is 3. The fourth-order valence-corrected chi connectivity index (χ4v) is 4.53. The van der Waals surface area contributed by atoms with E-state index in [1.54, 1.807) is 30.3 Å². The van der Waals surface area contributed by atoms with Gasteiger partial charge in [0.25, 0.3) is 0 Å². The molecule has 1 saturated heterocycles. The quantitative estimate of drug-likeness (QED) is 0.561. The molecule has 4 nitrogen and oxygen atoms in total. The third kappa shape index (κ3) is 3.35. The molecule has 1 aliphatic heterocycles. The number of hydrogen-bond donors (Lipinski definition) is 0. The van der Waals surface area contributed by atoms with Crippen LogP contribution in [0.1, 0.15) is 37.6 Å². The molecule has 0 amide bonds. The van der Waals surface area contributed by atoms with Crippen molar-refractivity contribution in [2.24, 2.45) is 0 Å². The standard InChI is InChI=1S/C21H22ClF3N4/c1-2-6-17-26-27-19-18(22)16(9-12-29(17)19)28-13-10-20(11-14-28,21(23,24)25)15-7-4-3-5-8-15/h3-5,7-9,12H,2,6,10-11,13-14H2,1H3. The fraction of sp³-hybridized carbons (Fsp3) is 0.429. The lowest BCUT2D eigenvalue weighted by Crippen LogP contribution is -2.51. The van der Waals surface area contributed by atoms with E-state index in [0.717, 1.165) is 18.7 Å². The van der Waals surface area contributed by atoms with Gasteiger partial charge in [-0.25, -0.2) is 0 Å². The minimum Gasteiger partial charge on any atom is -0.370 e. The molecule has 0 atom stereocenters. The van der Waals surface area contributed by atoms with Gasteiger partial charge in [-0.1, -0.05) is 48.9 Å². The van der Waals surface area contributed by atoms with Crippen molar-refractivity contribution in [3.8, 4) is 0 Å². The summed E-state index contributed by atoms with van der Waals surface area (Å²) < 4.78 is 44.2. The Morgan fingerprint density at radius 2 is 1.76 bits per heavy atom. The summed E-state index contributed by atoms with van der Waals surface area (Å²) >= 11 is 6.58. The van der Waals surface area contributed by atoms with E-state index < -0.39 is 11.6 Å². The zero-order chi connectivity index (χ0) is 20.6. The van der Waals surface area contributed by atoms with Crippen LogP contribution in [0.15, 0.2) is 42.6 Å². The predicted molar refractivity (Wildman–Crippen MR) is 108 cm³/mol. The summed E-state index contributed by atoms with van der Waals surface area (Å²) in [5, 5.41) is 8.80. The highest BCUT2D eigenvalue weighted by Gasteiger charge is 2.56. The van der Waals surface area contributed by atoms with E-state index in [4.69, 9.17) is 11.6 Å². The third-order valence-corrected chi connectivity index (χ3v) is 6.23. The topological polar surface area (TPSA) is 33.4 Å². The van der Waals surface area contributed by atoms with Crippen LogP contribution in [0, 0.1) is 0 Å². The summed E-state index contributed by atoms with van der Waals surface area (Å²) in [4.78, 5) is 1.92. The molecule has 154 valence electrons. The second kappa shape index (κ2) is 7.52. The van der Waals surface area contributed by atoms with Crippen molar-refractivity contribution in [1.82, 2.24) is 14.6 Å². The molecule has 1 aromatic carbocycles. The van der Waals surface area contributed by atoms with Crippen molar-refractivity contribution in [3.63, 3.8) is 0 Å². The number of aryl methyl sites for hydroxylation is 1. The third-order valence-electron chi connectivity index (χ3n) is 5.87. The van der Waals surface area contributed by atoms with Gasteiger partial charge in [-0.3, -0.25) is 4.40 Å². The normalized spacial score (nSPS) is 17.1. The number of alkyl halides is 3. The van der Waals surface area contributed by atoms with E-state index >= 15 is 0 Å². The summed E-state index contributed by atoms with van der Waals surface area (Å²) in [5.41, 5.74) is -0.248. The van der Waals surface area contributed by atoms with E-state index in [0.29, 0.717) is 21.9 Å². The van der Waals surface area contributed by atoms with Crippen molar-refractivity contribution < 1.29 is 13.2 Å². The molecule has 3 aromatic rings. The van der Waals surface area contributed by atoms with Crippen LogP contribution in [0.2, 0.25) is 5.02 Å². The van der Waals surface area contributed by atoms with Gasteiger partial charge in [-0.15, -0.1) is 10.2 Å². The van der Waals surface area contributed by atoms with Crippen molar-refractivity contribution in [1.29, 1.82) is 0 Å². The minimum atomic E-state index is -4.31. The largest absolute Gasteiger partial charge is 0.398 e. The second-order valence-corrected chi connectivity index (χ2v) is 7.89. The molecule has 1 aliphatic rings. The number of benzene rings is 1. The van der Waals surface area contributed by atoms with Crippen molar-refractivity contribution >= 4 is 22.9 Å². The van der Waals surface area contributed by atoms with Crippen LogP contribution in [-0.2, 0) is 11.8 Å². The van der Waals surface area contributed by atoms with Gasteiger partial charge < -0.3 is 4.90 Å². The Kier molecular flexibility index (Phi) is 5.19. The lowest BCUT2D eigenvalue weighted by Gasteiger charge is -2.44. The summed E-state index contributed by atoms with van der Waals surface area (Å²) in [6.07, 6.45) is -0.775. The number of halogens is 4. The maximum atomic E-state index is 14.1. The first-order valence-electron chi connectivity index (χ1n) is 9.77. The highest BCUT2D eigenvalue weighted by Crippen LogP contribution is 2.49. The van der Waals surface area contributed by atoms with Crippen LogP contribution in [0.5, 0.6) is 0 Å². The highest BCUT2D eigenvalue weighted by molar-refractivity contribution is 6.36.